The summed E-state index contributed by atoms with van der Waals surface area (Å²) < 4.78 is -1.21. The number of nitrogens with one attached hydrogen (secondary N) is 2. The Morgan fingerprint density at radius 3 is 2.43 bits per heavy atom. The highest BCUT2D eigenvalue weighted by Gasteiger charge is 2.46. The standard InChI is InChI=1S/C18H18N2O2S/c1-11-7-6-8-12(2)15(11)20-17(22)18(3)16(21)19-13-9-4-5-10-14(13)23-18/h4-10H,1-3H3,(H,19,21)(H,20,22). The van der Waals surface area contributed by atoms with Crippen LogP contribution in [0.25, 0.3) is 0 Å². The minimum absolute atomic E-state index is 0.301. The van der Waals surface area contributed by atoms with E-state index < -0.39 is 4.75 Å². The van der Waals surface area contributed by atoms with Gasteiger partial charge in [-0.25, -0.2) is 0 Å². The molecule has 0 saturated heterocycles. The number of thioether (sulfide) groups is 1. The van der Waals surface area contributed by atoms with E-state index >= 15 is 0 Å². The zero-order chi connectivity index (χ0) is 16.6. The molecule has 2 amide bonds. The van der Waals surface area contributed by atoms with E-state index in [1.54, 1.807) is 6.92 Å². The lowest BCUT2D eigenvalue weighted by Crippen LogP contribution is -2.49. The van der Waals surface area contributed by atoms with Gasteiger partial charge in [-0.15, -0.1) is 0 Å². The molecule has 2 aromatic carbocycles. The van der Waals surface area contributed by atoms with E-state index in [0.29, 0.717) is 0 Å². The topological polar surface area (TPSA) is 58.2 Å². The summed E-state index contributed by atoms with van der Waals surface area (Å²) in [4.78, 5) is 26.2. The minimum Gasteiger partial charge on any atom is -0.324 e. The molecule has 4 nitrogen and oxygen atoms in total. The predicted molar refractivity (Wildman–Crippen MR) is 93.9 cm³/mol. The summed E-state index contributed by atoms with van der Waals surface area (Å²) in [5.41, 5.74) is 3.47. The van der Waals surface area contributed by atoms with E-state index in [0.717, 1.165) is 27.4 Å². The third kappa shape index (κ3) is 2.72. The molecular formula is C18H18N2O2S. The van der Waals surface area contributed by atoms with Crippen LogP contribution in [0.3, 0.4) is 0 Å². The number of rotatable bonds is 2. The molecule has 2 aromatic rings. The van der Waals surface area contributed by atoms with Crippen molar-refractivity contribution < 1.29 is 9.59 Å². The summed E-state index contributed by atoms with van der Waals surface area (Å²) in [5.74, 6) is -0.614. The van der Waals surface area contributed by atoms with Crippen molar-refractivity contribution in [3.05, 3.63) is 53.6 Å². The van der Waals surface area contributed by atoms with Crippen LogP contribution in [0.15, 0.2) is 47.4 Å². The Bertz CT molecular complexity index is 783. The van der Waals surface area contributed by atoms with E-state index in [2.05, 4.69) is 10.6 Å². The van der Waals surface area contributed by atoms with Crippen molar-refractivity contribution in [2.75, 3.05) is 10.6 Å². The zero-order valence-corrected chi connectivity index (χ0v) is 14.1. The number of anilines is 2. The van der Waals surface area contributed by atoms with E-state index in [1.165, 1.54) is 11.8 Å². The Kier molecular flexibility index (Phi) is 3.90. The maximum atomic E-state index is 12.8. The fraction of sp³-hybridized carbons (Fsp3) is 0.222. The molecule has 1 aliphatic heterocycles. The SMILES string of the molecule is Cc1cccc(C)c1NC(=O)C1(C)Sc2ccccc2NC1=O. The molecule has 1 atom stereocenters. The van der Waals surface area contributed by atoms with Crippen molar-refractivity contribution in [3.8, 4) is 0 Å². The molecular weight excluding hydrogens is 308 g/mol. The molecule has 5 heteroatoms. The summed E-state index contributed by atoms with van der Waals surface area (Å²) in [6, 6.07) is 13.3. The minimum atomic E-state index is -1.21. The van der Waals surface area contributed by atoms with Gasteiger partial charge in [-0.3, -0.25) is 9.59 Å². The molecule has 0 saturated carbocycles. The molecule has 0 aliphatic carbocycles. The Balaban J connectivity index is 1.91. The number of carbonyl (C=O) groups is 2. The number of hydrogen-bond acceptors (Lipinski definition) is 3. The Morgan fingerprint density at radius 2 is 1.74 bits per heavy atom. The number of benzene rings is 2. The van der Waals surface area contributed by atoms with Gasteiger partial charge in [-0.1, -0.05) is 42.1 Å². The van der Waals surface area contributed by atoms with Crippen LogP contribution >= 0.6 is 11.8 Å². The van der Waals surface area contributed by atoms with Crippen LogP contribution in [-0.2, 0) is 9.59 Å². The Hall–Kier alpha value is -2.27. The van der Waals surface area contributed by atoms with Crippen LogP contribution in [-0.4, -0.2) is 16.6 Å². The number of para-hydroxylation sites is 2. The van der Waals surface area contributed by atoms with E-state index in [-0.39, 0.29) is 11.8 Å². The molecule has 0 spiro atoms. The Labute approximate surface area is 139 Å². The van der Waals surface area contributed by atoms with Gasteiger partial charge in [0.25, 0.3) is 0 Å². The van der Waals surface area contributed by atoms with Gasteiger partial charge in [0.05, 0.1) is 5.69 Å². The lowest BCUT2D eigenvalue weighted by atomic mass is 10.1. The number of amides is 2. The van der Waals surface area contributed by atoms with Crippen molar-refractivity contribution >= 4 is 35.0 Å². The molecule has 1 heterocycles. The second-order valence-corrected chi connectivity index (χ2v) is 7.27. The first-order valence-corrected chi connectivity index (χ1v) is 8.20. The summed E-state index contributed by atoms with van der Waals surface area (Å²) >= 11 is 1.28. The highest BCUT2D eigenvalue weighted by Crippen LogP contribution is 2.43. The second kappa shape index (κ2) is 5.74. The van der Waals surface area contributed by atoms with Gasteiger partial charge < -0.3 is 10.6 Å². The second-order valence-electron chi connectivity index (χ2n) is 5.81. The van der Waals surface area contributed by atoms with Crippen molar-refractivity contribution in [1.82, 2.24) is 0 Å². The van der Waals surface area contributed by atoms with E-state index in [4.69, 9.17) is 0 Å². The summed E-state index contributed by atoms with van der Waals surface area (Å²) in [7, 11) is 0. The lowest BCUT2D eigenvalue weighted by Gasteiger charge is -2.32. The zero-order valence-electron chi connectivity index (χ0n) is 13.3. The van der Waals surface area contributed by atoms with Gasteiger partial charge in [0, 0.05) is 10.6 Å². The van der Waals surface area contributed by atoms with Gasteiger partial charge >= 0.3 is 0 Å². The van der Waals surface area contributed by atoms with Crippen LogP contribution in [0.2, 0.25) is 0 Å². The highest BCUT2D eigenvalue weighted by molar-refractivity contribution is 8.02. The first-order chi connectivity index (χ1) is 10.9. The maximum Gasteiger partial charge on any atom is 0.250 e. The average molecular weight is 326 g/mol. The van der Waals surface area contributed by atoms with Crippen molar-refractivity contribution in [2.45, 2.75) is 30.4 Å². The third-order valence-corrected chi connectivity index (χ3v) is 5.39. The molecule has 118 valence electrons. The summed E-state index contributed by atoms with van der Waals surface area (Å²) in [6.45, 7) is 5.54. The largest absolute Gasteiger partial charge is 0.324 e. The fourth-order valence-corrected chi connectivity index (χ4v) is 3.66. The predicted octanol–water partition coefficient (Wildman–Crippen LogP) is 3.75. The molecule has 0 fully saturated rings. The molecule has 0 radical (unpaired) electrons. The van der Waals surface area contributed by atoms with Crippen LogP contribution in [0.5, 0.6) is 0 Å². The molecule has 1 aliphatic rings. The van der Waals surface area contributed by atoms with Crippen molar-refractivity contribution in [2.24, 2.45) is 0 Å². The molecule has 0 aromatic heterocycles. The van der Waals surface area contributed by atoms with Crippen molar-refractivity contribution in [1.29, 1.82) is 0 Å². The fourth-order valence-electron chi connectivity index (χ4n) is 2.56. The van der Waals surface area contributed by atoms with Gasteiger partial charge in [0.1, 0.15) is 0 Å². The maximum absolute atomic E-state index is 12.8. The first-order valence-electron chi connectivity index (χ1n) is 7.39. The molecule has 1 unspecified atom stereocenters. The van der Waals surface area contributed by atoms with Crippen molar-refractivity contribution in [3.63, 3.8) is 0 Å². The van der Waals surface area contributed by atoms with Crippen LogP contribution in [0.1, 0.15) is 18.1 Å². The van der Waals surface area contributed by atoms with Gasteiger partial charge in [0.2, 0.25) is 11.8 Å². The average Bonchev–Trinajstić information content (AvgIpc) is 2.52. The number of fused-ring (bicyclic) bond motifs is 1. The quantitative estimate of drug-likeness (QED) is 0.827. The van der Waals surface area contributed by atoms with Gasteiger partial charge in [-0.2, -0.15) is 0 Å². The summed E-state index contributed by atoms with van der Waals surface area (Å²) in [6.07, 6.45) is 0. The van der Waals surface area contributed by atoms with Crippen LogP contribution in [0.4, 0.5) is 11.4 Å². The molecule has 3 rings (SSSR count). The van der Waals surface area contributed by atoms with E-state index in [1.807, 2.05) is 56.3 Å². The van der Waals surface area contributed by atoms with Crippen LogP contribution < -0.4 is 10.6 Å². The smallest absolute Gasteiger partial charge is 0.250 e. The molecule has 23 heavy (non-hydrogen) atoms. The van der Waals surface area contributed by atoms with Gasteiger partial charge in [0.15, 0.2) is 4.75 Å². The lowest BCUT2D eigenvalue weighted by molar-refractivity contribution is -0.126. The normalized spacial score (nSPS) is 19.7. The van der Waals surface area contributed by atoms with Gasteiger partial charge in [-0.05, 0) is 44.0 Å². The monoisotopic (exact) mass is 326 g/mol. The number of carbonyl (C=O) groups excluding carboxylic acids is 2. The first kappa shape index (κ1) is 15.6. The third-order valence-electron chi connectivity index (χ3n) is 4.04. The highest BCUT2D eigenvalue weighted by atomic mass is 32.2. The number of aryl methyl sites for hydroxylation is 2. The van der Waals surface area contributed by atoms with E-state index in [9.17, 15) is 9.59 Å². The molecule has 2 N–H and O–H groups in total. The van der Waals surface area contributed by atoms with Crippen LogP contribution in [0, 0.1) is 13.8 Å². The Morgan fingerprint density at radius 1 is 1.09 bits per heavy atom. The molecule has 0 bridgehead atoms. The number of hydrogen-bond donors (Lipinski definition) is 2. The summed E-state index contributed by atoms with van der Waals surface area (Å²) in [5, 5.41) is 5.76.